The van der Waals surface area contributed by atoms with E-state index in [1.54, 1.807) is 6.07 Å². The van der Waals surface area contributed by atoms with Crippen molar-refractivity contribution in [3.8, 4) is 0 Å². The van der Waals surface area contributed by atoms with Gasteiger partial charge in [-0.1, -0.05) is 96.0 Å². The van der Waals surface area contributed by atoms with Gasteiger partial charge in [0.1, 0.15) is 17.5 Å². The van der Waals surface area contributed by atoms with Crippen molar-refractivity contribution in [3.05, 3.63) is 64.7 Å². The van der Waals surface area contributed by atoms with Crippen molar-refractivity contribution in [2.24, 2.45) is 5.92 Å². The van der Waals surface area contributed by atoms with E-state index in [2.05, 4.69) is 23.8 Å². The number of hydrogen-bond donors (Lipinski definition) is 0. The maximum absolute atomic E-state index is 12.5. The van der Waals surface area contributed by atoms with Crippen molar-refractivity contribution in [3.63, 3.8) is 0 Å². The fourth-order valence-corrected chi connectivity index (χ4v) is 4.08. The Labute approximate surface area is 211 Å². The predicted molar refractivity (Wildman–Crippen MR) is 148 cm³/mol. The SMILES string of the molecule is CC.CC1CCCCC1.CCCc1ccc(F)cc1Cl.Cc1nc(N(C)C)c2ccccc2n1. The van der Waals surface area contributed by atoms with E-state index < -0.39 is 0 Å². The van der Waals surface area contributed by atoms with E-state index in [4.69, 9.17) is 11.6 Å². The van der Waals surface area contributed by atoms with Crippen molar-refractivity contribution in [2.45, 2.75) is 79.6 Å². The van der Waals surface area contributed by atoms with Crippen LogP contribution in [0.4, 0.5) is 10.2 Å². The Morgan fingerprint density at radius 2 is 1.65 bits per heavy atom. The smallest absolute Gasteiger partial charge is 0.139 e. The van der Waals surface area contributed by atoms with Crippen LogP contribution in [0.25, 0.3) is 10.9 Å². The molecule has 0 spiro atoms. The van der Waals surface area contributed by atoms with Crippen LogP contribution in [0.3, 0.4) is 0 Å². The van der Waals surface area contributed by atoms with Gasteiger partial charge in [0.25, 0.3) is 0 Å². The van der Waals surface area contributed by atoms with Gasteiger partial charge in [-0.15, -0.1) is 0 Å². The molecule has 0 N–H and O–H groups in total. The number of aromatic nitrogens is 2. The van der Waals surface area contributed by atoms with Crippen LogP contribution >= 0.6 is 11.6 Å². The van der Waals surface area contributed by atoms with Gasteiger partial charge in [0.05, 0.1) is 5.52 Å². The Bertz CT molecular complexity index is 969. The topological polar surface area (TPSA) is 29.0 Å². The first kappa shape index (κ1) is 29.8. The van der Waals surface area contributed by atoms with E-state index in [-0.39, 0.29) is 5.82 Å². The number of halogens is 2. The summed E-state index contributed by atoms with van der Waals surface area (Å²) in [5.74, 6) is 2.56. The molecule has 3 nitrogen and oxygen atoms in total. The fourth-order valence-electron chi connectivity index (χ4n) is 3.81. The number of aryl methyl sites for hydroxylation is 2. The lowest BCUT2D eigenvalue weighted by molar-refractivity contribution is 0.385. The van der Waals surface area contributed by atoms with Gasteiger partial charge in [0.15, 0.2) is 0 Å². The number of fused-ring (bicyclic) bond motifs is 1. The van der Waals surface area contributed by atoms with Crippen LogP contribution in [0.5, 0.6) is 0 Å². The minimum absolute atomic E-state index is 0.269. The summed E-state index contributed by atoms with van der Waals surface area (Å²) < 4.78 is 12.5. The summed E-state index contributed by atoms with van der Waals surface area (Å²) in [6.07, 6.45) is 9.39. The molecule has 3 aromatic rings. The summed E-state index contributed by atoms with van der Waals surface area (Å²) in [4.78, 5) is 10.8. The molecule has 2 aromatic carbocycles. The minimum atomic E-state index is -0.269. The molecule has 1 aromatic heterocycles. The maximum atomic E-state index is 12.5. The molecule has 0 radical (unpaired) electrons. The van der Waals surface area contributed by atoms with Crippen molar-refractivity contribution in [2.75, 3.05) is 19.0 Å². The summed E-state index contributed by atoms with van der Waals surface area (Å²) in [7, 11) is 3.99. The van der Waals surface area contributed by atoms with Crippen molar-refractivity contribution in [1.82, 2.24) is 9.97 Å². The molecule has 1 saturated carbocycles. The highest BCUT2D eigenvalue weighted by atomic mass is 35.5. The highest BCUT2D eigenvalue weighted by Gasteiger charge is 2.06. The molecule has 34 heavy (non-hydrogen) atoms. The zero-order valence-electron chi connectivity index (χ0n) is 22.2. The van der Waals surface area contributed by atoms with Gasteiger partial charge >= 0.3 is 0 Å². The summed E-state index contributed by atoms with van der Waals surface area (Å²) >= 11 is 5.77. The summed E-state index contributed by atoms with van der Waals surface area (Å²) in [6.45, 7) is 10.3. The molecule has 0 atom stereocenters. The number of anilines is 1. The van der Waals surface area contributed by atoms with Crippen molar-refractivity contribution < 1.29 is 4.39 Å². The van der Waals surface area contributed by atoms with Crippen molar-refractivity contribution in [1.29, 1.82) is 0 Å². The highest BCUT2D eigenvalue weighted by molar-refractivity contribution is 6.31. The molecule has 0 saturated heterocycles. The second-order valence-corrected chi connectivity index (χ2v) is 9.14. The van der Waals surface area contributed by atoms with E-state index >= 15 is 0 Å². The maximum Gasteiger partial charge on any atom is 0.139 e. The summed E-state index contributed by atoms with van der Waals surface area (Å²) in [5, 5.41) is 1.63. The lowest BCUT2D eigenvalue weighted by Gasteiger charge is -2.15. The first-order chi connectivity index (χ1) is 16.3. The van der Waals surface area contributed by atoms with Crippen LogP contribution in [0.15, 0.2) is 42.5 Å². The van der Waals surface area contributed by atoms with Gasteiger partial charge in [-0.2, -0.15) is 0 Å². The Morgan fingerprint density at radius 3 is 2.18 bits per heavy atom. The normalized spacial score (nSPS) is 13.0. The van der Waals surface area contributed by atoms with Crippen LogP contribution in [0.1, 0.15) is 77.6 Å². The first-order valence-electron chi connectivity index (χ1n) is 12.7. The molecule has 0 unspecified atom stereocenters. The average molecular weight is 488 g/mol. The first-order valence-corrected chi connectivity index (χ1v) is 13.0. The highest BCUT2D eigenvalue weighted by Crippen LogP contribution is 2.22. The molecule has 1 aliphatic rings. The average Bonchev–Trinajstić information content (AvgIpc) is 2.83. The molecule has 0 aliphatic heterocycles. The third-order valence-corrected chi connectivity index (χ3v) is 5.90. The van der Waals surface area contributed by atoms with Crippen LogP contribution in [-0.4, -0.2) is 24.1 Å². The Balaban J connectivity index is 0.000000258. The number of hydrogen-bond acceptors (Lipinski definition) is 3. The molecule has 0 bridgehead atoms. The van der Waals surface area contributed by atoms with Gasteiger partial charge < -0.3 is 4.90 Å². The Morgan fingerprint density at radius 1 is 1.00 bits per heavy atom. The van der Waals surface area contributed by atoms with Crippen molar-refractivity contribution >= 4 is 28.3 Å². The third kappa shape index (κ3) is 10.4. The zero-order valence-corrected chi connectivity index (χ0v) is 22.9. The lowest BCUT2D eigenvalue weighted by Crippen LogP contribution is -2.12. The number of benzene rings is 2. The minimum Gasteiger partial charge on any atom is -0.362 e. The molecular weight excluding hydrogens is 445 g/mol. The third-order valence-electron chi connectivity index (χ3n) is 5.55. The van der Waals surface area contributed by atoms with E-state index in [1.807, 2.05) is 64.0 Å². The van der Waals surface area contributed by atoms with Gasteiger partial charge in [-0.3, -0.25) is 0 Å². The van der Waals surface area contributed by atoms with Crippen LogP contribution < -0.4 is 4.90 Å². The van der Waals surface area contributed by atoms with E-state index in [0.29, 0.717) is 5.02 Å². The van der Waals surface area contributed by atoms with Gasteiger partial charge in [-0.05, 0) is 49.1 Å². The summed E-state index contributed by atoms with van der Waals surface area (Å²) in [5.41, 5.74) is 2.03. The van der Waals surface area contributed by atoms with Gasteiger partial charge in [-0.25, -0.2) is 14.4 Å². The number of rotatable bonds is 3. The molecule has 4 rings (SSSR count). The van der Waals surface area contributed by atoms with E-state index in [0.717, 1.165) is 46.9 Å². The molecule has 1 fully saturated rings. The molecule has 1 heterocycles. The predicted octanol–water partition coefficient (Wildman–Crippen LogP) is 9.05. The molecule has 188 valence electrons. The standard InChI is InChI=1S/C11H13N3.C9H10ClF.C7H14.C2H6/c1-8-12-10-7-5-4-6-9(10)11(13-8)14(2)3;1-2-3-7-4-5-8(11)6-9(7)10;1-7-5-3-2-4-6-7;1-2/h4-7H,1-3H3;4-6H,2-3H2,1H3;7H,2-6H2,1H3;1-2H3. The van der Waals surface area contributed by atoms with Crippen LogP contribution in [0, 0.1) is 18.7 Å². The molecule has 0 amide bonds. The molecular formula is C29H43ClFN3. The van der Waals surface area contributed by atoms with E-state index in [1.165, 1.54) is 44.2 Å². The lowest BCUT2D eigenvalue weighted by atomic mass is 9.91. The number of para-hydroxylation sites is 1. The van der Waals surface area contributed by atoms with Gasteiger partial charge in [0, 0.05) is 24.5 Å². The Kier molecular flexibility index (Phi) is 14.4. The van der Waals surface area contributed by atoms with E-state index in [9.17, 15) is 4.39 Å². The monoisotopic (exact) mass is 487 g/mol. The zero-order chi connectivity index (χ0) is 25.5. The molecule has 5 heteroatoms. The largest absolute Gasteiger partial charge is 0.362 e. The van der Waals surface area contributed by atoms with Crippen LogP contribution in [-0.2, 0) is 6.42 Å². The quantitative estimate of drug-likeness (QED) is 0.369. The summed E-state index contributed by atoms with van der Waals surface area (Å²) in [6, 6.07) is 12.6. The second-order valence-electron chi connectivity index (χ2n) is 8.73. The second kappa shape index (κ2) is 16.4. The van der Waals surface area contributed by atoms with Gasteiger partial charge in [0.2, 0.25) is 0 Å². The number of nitrogens with zero attached hydrogens (tertiary/aromatic N) is 3. The molecule has 1 aliphatic carbocycles. The Hall–Kier alpha value is -2.20. The van der Waals surface area contributed by atoms with Crippen LogP contribution in [0.2, 0.25) is 5.02 Å². The fraction of sp³-hybridized carbons (Fsp3) is 0.517.